The van der Waals surface area contributed by atoms with E-state index in [9.17, 15) is 9.59 Å². The lowest BCUT2D eigenvalue weighted by atomic mass is 9.93. The quantitative estimate of drug-likeness (QED) is 0.590. The van der Waals surface area contributed by atoms with Crippen molar-refractivity contribution in [1.29, 1.82) is 0 Å². The van der Waals surface area contributed by atoms with E-state index in [2.05, 4.69) is 0 Å². The van der Waals surface area contributed by atoms with Gasteiger partial charge in [0.15, 0.2) is 11.2 Å². The first-order valence-electron chi connectivity index (χ1n) is 12.2. The number of amides is 1. The van der Waals surface area contributed by atoms with Crippen LogP contribution in [0.1, 0.15) is 50.0 Å². The van der Waals surface area contributed by atoms with Gasteiger partial charge in [0, 0.05) is 31.0 Å². The molecule has 1 fully saturated rings. The van der Waals surface area contributed by atoms with Crippen LogP contribution in [0.25, 0.3) is 11.0 Å². The molecule has 184 valence electrons. The molecule has 0 bridgehead atoms. The van der Waals surface area contributed by atoms with Crippen molar-refractivity contribution < 1.29 is 28.5 Å². The second-order valence-corrected chi connectivity index (χ2v) is 8.70. The van der Waals surface area contributed by atoms with Crippen LogP contribution in [0, 0.1) is 0 Å². The molecular formula is C26H33NO7. The van der Waals surface area contributed by atoms with Crippen molar-refractivity contribution in [2.45, 2.75) is 50.7 Å². The highest BCUT2D eigenvalue weighted by Crippen LogP contribution is 2.32. The summed E-state index contributed by atoms with van der Waals surface area (Å²) in [6, 6.07) is 7.13. The highest BCUT2D eigenvalue weighted by molar-refractivity contribution is 5.91. The third kappa shape index (κ3) is 6.05. The van der Waals surface area contributed by atoms with Gasteiger partial charge in [-0.05, 0) is 31.1 Å². The number of allylic oxidation sites excluding steroid dienone is 1. The van der Waals surface area contributed by atoms with E-state index in [1.54, 1.807) is 24.3 Å². The molecule has 4 rings (SSSR count). The molecule has 2 aliphatic rings. The summed E-state index contributed by atoms with van der Waals surface area (Å²) < 4.78 is 22.8. The summed E-state index contributed by atoms with van der Waals surface area (Å²) in [7, 11) is 0. The molecule has 1 saturated heterocycles. The Morgan fingerprint density at radius 2 is 1.82 bits per heavy atom. The Morgan fingerprint density at radius 1 is 1.06 bits per heavy atom. The summed E-state index contributed by atoms with van der Waals surface area (Å²) in [6.45, 7) is 2.11. The fraction of sp³-hybridized carbons (Fsp3) is 0.538. The lowest BCUT2D eigenvalue weighted by Gasteiger charge is -2.32. The van der Waals surface area contributed by atoms with Crippen molar-refractivity contribution in [3.63, 3.8) is 0 Å². The number of carbonyl (C=O) groups excluding carboxylic acids is 1. The van der Waals surface area contributed by atoms with Gasteiger partial charge in [0.25, 0.3) is 5.91 Å². The van der Waals surface area contributed by atoms with Crippen LogP contribution in [0.3, 0.4) is 0 Å². The predicted octanol–water partition coefficient (Wildman–Crippen LogP) is 3.33. The van der Waals surface area contributed by atoms with E-state index in [4.69, 9.17) is 23.7 Å². The van der Waals surface area contributed by atoms with E-state index >= 15 is 0 Å². The Labute approximate surface area is 199 Å². The van der Waals surface area contributed by atoms with Crippen LogP contribution in [0.15, 0.2) is 51.6 Å². The van der Waals surface area contributed by atoms with E-state index in [1.807, 2.05) is 11.0 Å². The summed E-state index contributed by atoms with van der Waals surface area (Å²) in [5.74, 6) is -0.334. The van der Waals surface area contributed by atoms with Crippen molar-refractivity contribution >= 4 is 16.9 Å². The van der Waals surface area contributed by atoms with E-state index < -0.39 is 6.29 Å². The SMILES string of the molecule is O=C(C1=CC(c2coc3ccccc3c2=O)CC(OCCOCCO)O1)N1CCCCCCC1. The number of aliphatic hydroxyl groups excluding tert-OH is 1. The van der Waals surface area contributed by atoms with Crippen LogP contribution in [0.5, 0.6) is 0 Å². The second-order valence-electron chi connectivity index (χ2n) is 8.70. The minimum Gasteiger partial charge on any atom is -0.464 e. The second kappa shape index (κ2) is 12.1. The lowest BCUT2D eigenvalue weighted by molar-refractivity contribution is -0.156. The summed E-state index contributed by atoms with van der Waals surface area (Å²) in [5.41, 5.74) is 0.885. The van der Waals surface area contributed by atoms with Crippen LogP contribution >= 0.6 is 0 Å². The van der Waals surface area contributed by atoms with Gasteiger partial charge in [-0.1, -0.05) is 31.4 Å². The number of hydrogen-bond donors (Lipinski definition) is 1. The molecule has 2 aliphatic heterocycles. The maximum absolute atomic E-state index is 13.4. The average Bonchev–Trinajstić information content (AvgIpc) is 2.83. The molecular weight excluding hydrogens is 438 g/mol. The Morgan fingerprint density at radius 3 is 2.62 bits per heavy atom. The van der Waals surface area contributed by atoms with Crippen LogP contribution in [0.2, 0.25) is 0 Å². The minimum absolute atomic E-state index is 0.0586. The lowest BCUT2D eigenvalue weighted by Crippen LogP contribution is -2.38. The highest BCUT2D eigenvalue weighted by atomic mass is 16.7. The van der Waals surface area contributed by atoms with Crippen LogP contribution < -0.4 is 5.43 Å². The van der Waals surface area contributed by atoms with Crippen molar-refractivity contribution in [2.24, 2.45) is 0 Å². The van der Waals surface area contributed by atoms with E-state index in [0.717, 1.165) is 25.7 Å². The number of nitrogens with zero attached hydrogens (tertiary/aromatic N) is 1. The number of likely N-dealkylation sites (tertiary alicyclic amines) is 1. The van der Waals surface area contributed by atoms with Gasteiger partial charge in [0.2, 0.25) is 6.29 Å². The largest absolute Gasteiger partial charge is 0.464 e. The molecule has 1 aromatic carbocycles. The van der Waals surface area contributed by atoms with Gasteiger partial charge in [-0.25, -0.2) is 0 Å². The Bertz CT molecular complexity index is 1040. The normalized spacial score (nSPS) is 21.4. The first-order chi connectivity index (χ1) is 16.7. The van der Waals surface area contributed by atoms with Crippen LogP contribution in [-0.2, 0) is 19.0 Å². The zero-order valence-electron chi connectivity index (χ0n) is 19.4. The van der Waals surface area contributed by atoms with Crippen molar-refractivity contribution in [2.75, 3.05) is 39.5 Å². The van der Waals surface area contributed by atoms with Crippen molar-refractivity contribution in [3.8, 4) is 0 Å². The monoisotopic (exact) mass is 471 g/mol. The van der Waals surface area contributed by atoms with Crippen molar-refractivity contribution in [1.82, 2.24) is 4.90 Å². The van der Waals surface area contributed by atoms with Gasteiger partial charge in [-0.3, -0.25) is 9.59 Å². The first-order valence-corrected chi connectivity index (χ1v) is 12.2. The maximum atomic E-state index is 13.4. The summed E-state index contributed by atoms with van der Waals surface area (Å²) in [4.78, 5) is 28.4. The molecule has 2 aromatic rings. The molecule has 2 atom stereocenters. The zero-order chi connectivity index (χ0) is 23.8. The number of rotatable bonds is 8. The number of para-hydroxylation sites is 1. The maximum Gasteiger partial charge on any atom is 0.288 e. The number of fused-ring (bicyclic) bond motifs is 1. The van der Waals surface area contributed by atoms with Gasteiger partial charge in [0.1, 0.15) is 5.58 Å². The van der Waals surface area contributed by atoms with E-state index in [1.165, 1.54) is 12.7 Å². The molecule has 34 heavy (non-hydrogen) atoms. The molecule has 0 saturated carbocycles. The fourth-order valence-corrected chi connectivity index (χ4v) is 4.49. The molecule has 1 aromatic heterocycles. The topological polar surface area (TPSA) is 98.4 Å². The first kappa shape index (κ1) is 24.4. The van der Waals surface area contributed by atoms with Gasteiger partial charge in [0.05, 0.1) is 38.1 Å². The standard InChI is InChI=1S/C26H33NO7/c28-12-13-31-14-15-32-24-17-19(21-18-33-22-9-5-4-8-20(22)25(21)29)16-23(34-24)26(30)27-10-6-2-1-3-7-11-27/h4-5,8-9,16,18-19,24,28H,1-3,6-7,10-15,17H2. The Hall–Kier alpha value is -2.68. The highest BCUT2D eigenvalue weighted by Gasteiger charge is 2.32. The van der Waals surface area contributed by atoms with Crippen molar-refractivity contribution in [3.05, 3.63) is 58.2 Å². The van der Waals surface area contributed by atoms with Gasteiger partial charge >= 0.3 is 0 Å². The number of ether oxygens (including phenoxy) is 3. The summed E-state index contributed by atoms with van der Waals surface area (Å²) >= 11 is 0. The molecule has 2 unspecified atom stereocenters. The van der Waals surface area contributed by atoms with Gasteiger partial charge in [-0.15, -0.1) is 0 Å². The smallest absolute Gasteiger partial charge is 0.288 e. The number of carbonyl (C=O) groups is 1. The minimum atomic E-state index is -0.702. The number of aliphatic hydroxyl groups is 1. The summed E-state index contributed by atoms with van der Waals surface area (Å²) in [5, 5.41) is 9.36. The molecule has 0 radical (unpaired) electrons. The molecule has 1 N–H and O–H groups in total. The molecule has 8 nitrogen and oxygen atoms in total. The molecule has 3 heterocycles. The molecule has 8 heteroatoms. The fourth-order valence-electron chi connectivity index (χ4n) is 4.49. The zero-order valence-corrected chi connectivity index (χ0v) is 19.4. The number of benzene rings is 1. The number of hydrogen-bond acceptors (Lipinski definition) is 7. The van der Waals surface area contributed by atoms with E-state index in [0.29, 0.717) is 42.6 Å². The third-order valence-electron chi connectivity index (χ3n) is 6.28. The summed E-state index contributed by atoms with van der Waals surface area (Å²) in [6.07, 6.45) is 8.27. The van der Waals surface area contributed by atoms with Gasteiger partial charge < -0.3 is 28.6 Å². The Balaban J connectivity index is 1.57. The van der Waals surface area contributed by atoms with E-state index in [-0.39, 0.29) is 42.8 Å². The average molecular weight is 472 g/mol. The van der Waals surface area contributed by atoms with Gasteiger partial charge in [-0.2, -0.15) is 0 Å². The predicted molar refractivity (Wildman–Crippen MR) is 126 cm³/mol. The molecule has 0 aliphatic carbocycles. The van der Waals surface area contributed by atoms with Crippen LogP contribution in [-0.4, -0.2) is 61.7 Å². The van der Waals surface area contributed by atoms with Crippen LogP contribution in [0.4, 0.5) is 0 Å². The molecule has 0 spiro atoms. The third-order valence-corrected chi connectivity index (χ3v) is 6.28. The Kier molecular flexibility index (Phi) is 8.73. The molecule has 1 amide bonds.